The van der Waals surface area contributed by atoms with Gasteiger partial charge < -0.3 is 0 Å². The van der Waals surface area contributed by atoms with Crippen LogP contribution in [-0.4, -0.2) is 22.9 Å². The highest BCUT2D eigenvalue weighted by atomic mass is 32.2. The van der Waals surface area contributed by atoms with Crippen molar-refractivity contribution in [2.75, 3.05) is 0 Å². The molecule has 0 heterocycles. The lowest BCUT2D eigenvalue weighted by Crippen LogP contribution is -2.52. The van der Waals surface area contributed by atoms with Crippen LogP contribution in [-0.2, 0) is 20.0 Å². The molecule has 0 aliphatic rings. The van der Waals surface area contributed by atoms with Crippen LogP contribution in [0.25, 0.3) is 0 Å². The van der Waals surface area contributed by atoms with Gasteiger partial charge in [0, 0.05) is 0 Å². The van der Waals surface area contributed by atoms with Gasteiger partial charge in [-0.05, 0) is 24.3 Å². The number of sulfonamides is 2. The highest BCUT2D eigenvalue weighted by molar-refractivity contribution is 7.89. The van der Waals surface area contributed by atoms with Gasteiger partial charge in [-0.2, -0.15) is 0 Å². The fourth-order valence-corrected chi connectivity index (χ4v) is 3.30. The van der Waals surface area contributed by atoms with Crippen LogP contribution in [0, 0.1) is 0 Å². The van der Waals surface area contributed by atoms with E-state index in [1.807, 2.05) is 20.5 Å². The van der Waals surface area contributed by atoms with E-state index in [0.29, 0.717) is 0 Å². The maximum absolute atomic E-state index is 11.9. The van der Waals surface area contributed by atoms with Crippen LogP contribution < -0.4 is 20.5 Å². The Bertz CT molecular complexity index is 824. The highest BCUT2D eigenvalue weighted by Crippen LogP contribution is 2.06. The van der Waals surface area contributed by atoms with E-state index in [2.05, 4.69) is 0 Å². The van der Waals surface area contributed by atoms with Crippen molar-refractivity contribution < 1.29 is 21.6 Å². The molecule has 2 aromatic carbocycles. The minimum absolute atomic E-state index is 0.0600. The van der Waals surface area contributed by atoms with Crippen LogP contribution in [0.2, 0.25) is 0 Å². The van der Waals surface area contributed by atoms with E-state index in [0.717, 1.165) is 0 Å². The number of hydrazine groups is 2. The summed E-state index contributed by atoms with van der Waals surface area (Å²) in [4.78, 5) is 15.1. The van der Waals surface area contributed by atoms with E-state index in [-0.39, 0.29) is 9.79 Å². The van der Waals surface area contributed by atoms with E-state index in [1.165, 1.54) is 48.5 Å². The minimum atomic E-state index is -3.96. The molecule has 0 saturated carbocycles. The van der Waals surface area contributed by atoms with Crippen LogP contribution in [0.5, 0.6) is 0 Å². The number of carbonyl (C=O) groups excluding carboxylic acids is 1. The van der Waals surface area contributed by atoms with Crippen molar-refractivity contribution in [1.82, 2.24) is 20.5 Å². The smallest absolute Gasteiger partial charge is 0.258 e. The molecule has 0 spiro atoms. The molecule has 0 aliphatic heterocycles. The molecule has 4 N–H and O–H groups in total. The molecule has 24 heavy (non-hydrogen) atoms. The molecule has 11 heteroatoms. The van der Waals surface area contributed by atoms with Gasteiger partial charge in [0.1, 0.15) is 0 Å². The number of carbonyl (C=O) groups is 1. The Balaban J connectivity index is 1.90. The highest BCUT2D eigenvalue weighted by Gasteiger charge is 2.17. The first-order valence-electron chi connectivity index (χ1n) is 6.51. The van der Waals surface area contributed by atoms with Crippen molar-refractivity contribution in [3.8, 4) is 0 Å². The molecule has 9 nitrogen and oxygen atoms in total. The van der Waals surface area contributed by atoms with Gasteiger partial charge in [0.25, 0.3) is 20.0 Å². The first-order chi connectivity index (χ1) is 11.3. The van der Waals surface area contributed by atoms with Crippen molar-refractivity contribution in [3.63, 3.8) is 0 Å². The van der Waals surface area contributed by atoms with Crippen molar-refractivity contribution in [3.05, 3.63) is 60.7 Å². The average molecular weight is 370 g/mol. The van der Waals surface area contributed by atoms with Crippen molar-refractivity contribution in [1.29, 1.82) is 0 Å². The standard InChI is InChI=1S/C13H14N4O5S2/c18-13(14-16-23(19,20)11-7-3-1-4-8-11)15-17-24(21,22)12-9-5-2-6-10-12/h1-10,16-17H,(H2,14,15,18). The van der Waals surface area contributed by atoms with Crippen LogP contribution in [0.4, 0.5) is 4.79 Å². The summed E-state index contributed by atoms with van der Waals surface area (Å²) in [6, 6.07) is 13.6. The average Bonchev–Trinajstić information content (AvgIpc) is 2.60. The number of urea groups is 1. The summed E-state index contributed by atoms with van der Waals surface area (Å²) in [5.41, 5.74) is 3.66. The lowest BCUT2D eigenvalue weighted by Gasteiger charge is -2.11. The molecular formula is C13H14N4O5S2. The van der Waals surface area contributed by atoms with E-state index in [1.54, 1.807) is 12.1 Å². The number of rotatable bonds is 6. The molecular weight excluding hydrogens is 356 g/mol. The number of benzene rings is 2. The summed E-state index contributed by atoms with van der Waals surface area (Å²) in [5, 5.41) is 0. The Morgan fingerprint density at radius 2 is 0.958 bits per heavy atom. The monoisotopic (exact) mass is 370 g/mol. The Morgan fingerprint density at radius 1 is 0.625 bits per heavy atom. The molecule has 2 rings (SSSR count). The van der Waals surface area contributed by atoms with E-state index >= 15 is 0 Å². The first-order valence-corrected chi connectivity index (χ1v) is 9.47. The van der Waals surface area contributed by atoms with E-state index < -0.39 is 26.1 Å². The molecule has 128 valence electrons. The maximum Gasteiger partial charge on any atom is 0.345 e. The van der Waals surface area contributed by atoms with Crippen LogP contribution in [0.1, 0.15) is 0 Å². The van der Waals surface area contributed by atoms with Crippen LogP contribution >= 0.6 is 0 Å². The van der Waals surface area contributed by atoms with Gasteiger partial charge in [0.15, 0.2) is 0 Å². The number of hydrogen-bond donors (Lipinski definition) is 4. The predicted molar refractivity (Wildman–Crippen MR) is 85.2 cm³/mol. The normalized spacial score (nSPS) is 11.7. The van der Waals surface area contributed by atoms with Gasteiger partial charge in [0.05, 0.1) is 9.79 Å². The van der Waals surface area contributed by atoms with Crippen molar-refractivity contribution in [2.24, 2.45) is 0 Å². The molecule has 0 bridgehead atoms. The molecule has 2 amide bonds. The molecule has 0 fully saturated rings. The minimum Gasteiger partial charge on any atom is -0.258 e. The second-order valence-corrected chi connectivity index (χ2v) is 7.78. The van der Waals surface area contributed by atoms with Crippen molar-refractivity contribution in [2.45, 2.75) is 9.79 Å². The number of nitrogens with one attached hydrogen (secondary N) is 4. The SMILES string of the molecule is O=C(NNS(=O)(=O)c1ccccc1)NNS(=O)(=O)c1ccccc1. The summed E-state index contributed by atoms with van der Waals surface area (Å²) < 4.78 is 47.5. The lowest BCUT2D eigenvalue weighted by atomic mass is 10.4. The summed E-state index contributed by atoms with van der Waals surface area (Å²) >= 11 is 0. The topological polar surface area (TPSA) is 133 Å². The quantitative estimate of drug-likeness (QED) is 0.534. The zero-order chi connectivity index (χ0) is 17.6. The molecule has 0 saturated heterocycles. The maximum atomic E-state index is 11.9. The molecule has 2 aromatic rings. The predicted octanol–water partition coefficient (Wildman–Crippen LogP) is 0.0726. The molecule has 0 radical (unpaired) electrons. The number of hydrogen-bond acceptors (Lipinski definition) is 5. The van der Waals surface area contributed by atoms with Gasteiger partial charge >= 0.3 is 6.03 Å². The zero-order valence-electron chi connectivity index (χ0n) is 12.1. The summed E-state index contributed by atoms with van der Waals surface area (Å²) in [7, 11) is -7.92. The van der Waals surface area contributed by atoms with Gasteiger partial charge in [-0.25, -0.2) is 21.6 Å². The van der Waals surface area contributed by atoms with E-state index in [9.17, 15) is 21.6 Å². The zero-order valence-corrected chi connectivity index (χ0v) is 13.8. The van der Waals surface area contributed by atoms with Gasteiger partial charge in [-0.15, -0.1) is 9.66 Å². The molecule has 0 aliphatic carbocycles. The third kappa shape index (κ3) is 4.76. The van der Waals surface area contributed by atoms with Gasteiger partial charge in [-0.1, -0.05) is 36.4 Å². The Kier molecular flexibility index (Phi) is 5.51. The molecule has 0 unspecified atom stereocenters. The first kappa shape index (κ1) is 17.9. The fraction of sp³-hybridized carbons (Fsp3) is 0. The summed E-state index contributed by atoms with van der Waals surface area (Å²) in [6.07, 6.45) is 0. The third-order valence-electron chi connectivity index (χ3n) is 2.70. The Labute approximate surface area is 139 Å². The van der Waals surface area contributed by atoms with Crippen molar-refractivity contribution >= 4 is 26.1 Å². The second kappa shape index (κ2) is 7.40. The molecule has 0 atom stereocenters. The van der Waals surface area contributed by atoms with E-state index in [4.69, 9.17) is 0 Å². The second-order valence-electron chi connectivity index (χ2n) is 4.42. The third-order valence-corrected chi connectivity index (χ3v) is 5.23. The molecule has 0 aromatic heterocycles. The van der Waals surface area contributed by atoms with Gasteiger partial charge in [-0.3, -0.25) is 10.9 Å². The lowest BCUT2D eigenvalue weighted by molar-refractivity contribution is 0.237. The summed E-state index contributed by atoms with van der Waals surface area (Å²) in [6.45, 7) is 0. The Morgan fingerprint density at radius 3 is 1.29 bits per heavy atom. The largest absolute Gasteiger partial charge is 0.345 e. The van der Waals surface area contributed by atoms with Gasteiger partial charge in [0.2, 0.25) is 0 Å². The fourth-order valence-electron chi connectivity index (χ4n) is 1.58. The summed E-state index contributed by atoms with van der Waals surface area (Å²) in [5.74, 6) is 0. The number of amides is 2. The van der Waals surface area contributed by atoms with Crippen LogP contribution in [0.15, 0.2) is 70.5 Å². The van der Waals surface area contributed by atoms with Crippen LogP contribution in [0.3, 0.4) is 0 Å². The Hall–Kier alpha value is -2.47.